The van der Waals surface area contributed by atoms with Gasteiger partial charge in [-0.25, -0.2) is 8.78 Å². The highest BCUT2D eigenvalue weighted by Gasteiger charge is 2.59. The molecule has 1 saturated heterocycles. The molecular weight excluding hydrogens is 272 g/mol. The van der Waals surface area contributed by atoms with Crippen molar-refractivity contribution in [1.82, 2.24) is 5.32 Å². The van der Waals surface area contributed by atoms with Crippen LogP contribution in [0.5, 0.6) is 0 Å². The summed E-state index contributed by atoms with van der Waals surface area (Å²) < 4.78 is 33.2. The van der Waals surface area contributed by atoms with Gasteiger partial charge in [-0.3, -0.25) is 0 Å². The molecule has 4 unspecified atom stereocenters. The Labute approximate surface area is 124 Å². The van der Waals surface area contributed by atoms with Gasteiger partial charge in [-0.2, -0.15) is 0 Å². The van der Waals surface area contributed by atoms with Crippen LogP contribution in [0.1, 0.15) is 32.8 Å². The quantitative estimate of drug-likeness (QED) is 0.920. The third kappa shape index (κ3) is 2.49. The van der Waals surface area contributed by atoms with E-state index in [1.54, 1.807) is 0 Å². The lowest BCUT2D eigenvalue weighted by atomic mass is 9.57. The molecule has 0 amide bonds. The molecule has 1 heterocycles. The molecule has 3 rings (SSSR count). The van der Waals surface area contributed by atoms with E-state index in [0.29, 0.717) is 24.5 Å². The van der Waals surface area contributed by atoms with E-state index in [1.165, 1.54) is 18.2 Å². The van der Waals surface area contributed by atoms with E-state index >= 15 is 0 Å². The Morgan fingerprint density at radius 2 is 2.00 bits per heavy atom. The number of fused-ring (bicyclic) bond motifs is 1. The van der Waals surface area contributed by atoms with Crippen molar-refractivity contribution in [3.05, 3.63) is 35.4 Å². The standard InChI is InChI=1S/C17H23F2NO/c1-10(9-12-13(18)5-4-6-14(12)19)20-15-11-7-8-21-16(11)17(15,2)3/h4-6,10-11,15-16,20H,7-9H2,1-3H3. The monoisotopic (exact) mass is 295 g/mol. The largest absolute Gasteiger partial charge is 0.377 e. The summed E-state index contributed by atoms with van der Waals surface area (Å²) in [5, 5.41) is 3.57. The van der Waals surface area contributed by atoms with Crippen molar-refractivity contribution in [3.8, 4) is 0 Å². The van der Waals surface area contributed by atoms with E-state index in [0.717, 1.165) is 13.0 Å². The van der Waals surface area contributed by atoms with Crippen LogP contribution in [0.4, 0.5) is 8.78 Å². The van der Waals surface area contributed by atoms with Crippen LogP contribution < -0.4 is 5.32 Å². The van der Waals surface area contributed by atoms with Crippen LogP contribution in [-0.4, -0.2) is 24.8 Å². The highest BCUT2D eigenvalue weighted by Crippen LogP contribution is 2.52. The Bertz CT molecular complexity index is 511. The molecule has 0 spiro atoms. The summed E-state index contributed by atoms with van der Waals surface area (Å²) in [6.07, 6.45) is 1.77. The number of hydrogen-bond donors (Lipinski definition) is 1. The van der Waals surface area contributed by atoms with Gasteiger partial charge in [0.15, 0.2) is 0 Å². The van der Waals surface area contributed by atoms with Crippen LogP contribution in [0.15, 0.2) is 18.2 Å². The summed E-state index contributed by atoms with van der Waals surface area (Å²) in [6.45, 7) is 7.22. The maximum absolute atomic E-state index is 13.7. The first kappa shape index (κ1) is 14.9. The topological polar surface area (TPSA) is 21.3 Å². The zero-order valence-electron chi connectivity index (χ0n) is 12.8. The number of nitrogens with one attached hydrogen (secondary N) is 1. The van der Waals surface area contributed by atoms with Gasteiger partial charge in [-0.1, -0.05) is 19.9 Å². The van der Waals surface area contributed by atoms with Crippen LogP contribution in [0.2, 0.25) is 0 Å². The smallest absolute Gasteiger partial charge is 0.129 e. The summed E-state index contributed by atoms with van der Waals surface area (Å²) in [5.41, 5.74) is 0.261. The first-order valence-corrected chi connectivity index (χ1v) is 7.72. The zero-order valence-corrected chi connectivity index (χ0v) is 12.8. The van der Waals surface area contributed by atoms with Gasteiger partial charge in [0.25, 0.3) is 0 Å². The SMILES string of the molecule is CC(Cc1c(F)cccc1F)NC1C2CCOC2C1(C)C. The molecule has 1 saturated carbocycles. The molecule has 4 atom stereocenters. The fraction of sp³-hybridized carbons (Fsp3) is 0.647. The molecule has 1 aliphatic heterocycles. The number of rotatable bonds is 4. The van der Waals surface area contributed by atoms with Gasteiger partial charge < -0.3 is 10.1 Å². The van der Waals surface area contributed by atoms with Crippen molar-refractivity contribution < 1.29 is 13.5 Å². The van der Waals surface area contributed by atoms with Crippen molar-refractivity contribution in [1.29, 1.82) is 0 Å². The molecule has 1 aromatic rings. The van der Waals surface area contributed by atoms with Crippen molar-refractivity contribution in [2.24, 2.45) is 11.3 Å². The molecule has 4 heteroatoms. The van der Waals surface area contributed by atoms with Crippen LogP contribution in [0.25, 0.3) is 0 Å². The highest BCUT2D eigenvalue weighted by molar-refractivity contribution is 5.21. The van der Waals surface area contributed by atoms with Crippen molar-refractivity contribution in [3.63, 3.8) is 0 Å². The van der Waals surface area contributed by atoms with Crippen molar-refractivity contribution in [2.75, 3.05) is 6.61 Å². The zero-order chi connectivity index (χ0) is 15.2. The van der Waals surface area contributed by atoms with E-state index in [2.05, 4.69) is 19.2 Å². The summed E-state index contributed by atoms with van der Waals surface area (Å²) in [4.78, 5) is 0. The van der Waals surface area contributed by atoms with Gasteiger partial charge in [0.1, 0.15) is 11.6 Å². The van der Waals surface area contributed by atoms with E-state index in [1.807, 2.05) is 6.92 Å². The second-order valence-corrected chi connectivity index (χ2v) is 7.02. The first-order chi connectivity index (χ1) is 9.91. The molecule has 1 aliphatic carbocycles. The Hall–Kier alpha value is -1.00. The predicted molar refractivity (Wildman–Crippen MR) is 78.1 cm³/mol. The van der Waals surface area contributed by atoms with Gasteiger partial charge in [0, 0.05) is 35.6 Å². The summed E-state index contributed by atoms with van der Waals surface area (Å²) in [5.74, 6) is -0.384. The Morgan fingerprint density at radius 3 is 2.67 bits per heavy atom. The third-order valence-electron chi connectivity index (χ3n) is 5.14. The molecule has 0 bridgehead atoms. The molecule has 21 heavy (non-hydrogen) atoms. The highest BCUT2D eigenvalue weighted by atomic mass is 19.1. The maximum Gasteiger partial charge on any atom is 0.129 e. The number of hydrogen-bond acceptors (Lipinski definition) is 2. The average molecular weight is 295 g/mol. The summed E-state index contributed by atoms with van der Waals surface area (Å²) >= 11 is 0. The molecule has 1 N–H and O–H groups in total. The molecule has 2 aliphatic rings. The van der Waals surface area contributed by atoms with Gasteiger partial charge >= 0.3 is 0 Å². The van der Waals surface area contributed by atoms with Gasteiger partial charge in [0.05, 0.1) is 6.10 Å². The molecular formula is C17H23F2NO. The van der Waals surface area contributed by atoms with Crippen LogP contribution in [-0.2, 0) is 11.2 Å². The normalized spacial score (nSPS) is 31.6. The molecule has 2 nitrogen and oxygen atoms in total. The lowest BCUT2D eigenvalue weighted by Crippen LogP contribution is -2.67. The molecule has 0 aromatic heterocycles. The molecule has 0 radical (unpaired) electrons. The van der Waals surface area contributed by atoms with Crippen molar-refractivity contribution in [2.45, 2.75) is 51.8 Å². The predicted octanol–water partition coefficient (Wildman–Crippen LogP) is 3.30. The second kappa shape index (κ2) is 5.33. The molecule has 1 aromatic carbocycles. The minimum atomic E-state index is -0.460. The first-order valence-electron chi connectivity index (χ1n) is 7.72. The second-order valence-electron chi connectivity index (χ2n) is 7.02. The third-order valence-corrected chi connectivity index (χ3v) is 5.14. The van der Waals surface area contributed by atoms with Gasteiger partial charge in [0.2, 0.25) is 0 Å². The maximum atomic E-state index is 13.7. The van der Waals surface area contributed by atoms with Crippen LogP contribution in [0.3, 0.4) is 0 Å². The van der Waals surface area contributed by atoms with Gasteiger partial charge in [-0.05, 0) is 31.9 Å². The Balaban J connectivity index is 1.66. The summed E-state index contributed by atoms with van der Waals surface area (Å²) in [7, 11) is 0. The average Bonchev–Trinajstić information content (AvgIpc) is 2.87. The van der Waals surface area contributed by atoms with E-state index < -0.39 is 11.6 Å². The van der Waals surface area contributed by atoms with E-state index in [9.17, 15) is 8.78 Å². The van der Waals surface area contributed by atoms with Crippen molar-refractivity contribution >= 4 is 0 Å². The number of ether oxygens (including phenoxy) is 1. The number of halogens is 2. The molecule has 2 fully saturated rings. The van der Waals surface area contributed by atoms with E-state index in [-0.39, 0.29) is 17.0 Å². The van der Waals surface area contributed by atoms with Crippen LogP contribution >= 0.6 is 0 Å². The van der Waals surface area contributed by atoms with Crippen LogP contribution in [0, 0.1) is 23.0 Å². The minimum Gasteiger partial charge on any atom is -0.377 e. The fourth-order valence-corrected chi connectivity index (χ4v) is 4.06. The summed E-state index contributed by atoms with van der Waals surface area (Å²) in [6, 6.07) is 4.43. The minimum absolute atomic E-state index is 0.0298. The van der Waals surface area contributed by atoms with E-state index in [4.69, 9.17) is 4.74 Å². The lowest BCUT2D eigenvalue weighted by molar-refractivity contribution is -0.115. The fourth-order valence-electron chi connectivity index (χ4n) is 4.06. The Morgan fingerprint density at radius 1 is 1.33 bits per heavy atom. The lowest BCUT2D eigenvalue weighted by Gasteiger charge is -2.55. The molecule has 116 valence electrons. The van der Waals surface area contributed by atoms with Gasteiger partial charge in [-0.15, -0.1) is 0 Å². The Kier molecular flexibility index (Phi) is 3.78. The number of benzene rings is 1.